The maximum atomic E-state index is 13.3. The van der Waals surface area contributed by atoms with E-state index in [1.165, 1.54) is 0 Å². The molecule has 0 aromatic heterocycles. The van der Waals surface area contributed by atoms with Crippen molar-refractivity contribution >= 4 is 23.0 Å². The first-order valence-electron chi connectivity index (χ1n) is 12.1. The fourth-order valence-corrected chi connectivity index (χ4v) is 4.89. The van der Waals surface area contributed by atoms with Crippen LogP contribution in [0.5, 0.6) is 5.75 Å². The number of anilines is 1. The van der Waals surface area contributed by atoms with E-state index in [1.54, 1.807) is 49.6 Å². The third-order valence-electron chi connectivity index (χ3n) is 5.80. The van der Waals surface area contributed by atoms with Crippen molar-refractivity contribution in [2.24, 2.45) is 0 Å². The van der Waals surface area contributed by atoms with Gasteiger partial charge in [0, 0.05) is 37.8 Å². The van der Waals surface area contributed by atoms with Gasteiger partial charge in [-0.3, -0.25) is 4.79 Å². The van der Waals surface area contributed by atoms with Crippen molar-refractivity contribution in [1.82, 2.24) is 9.62 Å². The Labute approximate surface area is 217 Å². The van der Waals surface area contributed by atoms with Crippen LogP contribution in [0.3, 0.4) is 0 Å². The number of benzene rings is 2. The molecule has 2 aromatic carbocycles. The topological polar surface area (TPSA) is 77.1 Å². The largest absolute Gasteiger partial charge is 0.588 e. The Bertz CT molecular complexity index is 1100. The molecule has 1 aliphatic rings. The lowest BCUT2D eigenvalue weighted by atomic mass is 10.2. The van der Waals surface area contributed by atoms with E-state index in [1.807, 2.05) is 43.0 Å². The lowest BCUT2D eigenvalue weighted by Gasteiger charge is -2.25. The number of methoxy groups -OCH3 is 1. The van der Waals surface area contributed by atoms with Gasteiger partial charge in [-0.25, -0.2) is 4.72 Å². The number of nitrogens with zero attached hydrogens (tertiary/aromatic N) is 2. The highest BCUT2D eigenvalue weighted by atomic mass is 32.2. The van der Waals surface area contributed by atoms with Crippen molar-refractivity contribution in [2.45, 2.75) is 25.2 Å². The molecule has 1 N–H and O–H groups in total. The molecule has 1 heterocycles. The Morgan fingerprint density at radius 3 is 2.69 bits per heavy atom. The second-order valence-electron chi connectivity index (χ2n) is 8.24. The number of carbonyl (C=O) groups excluding carboxylic acids is 1. The highest BCUT2D eigenvalue weighted by Crippen LogP contribution is 2.28. The third-order valence-corrected chi connectivity index (χ3v) is 6.91. The molecule has 7 nitrogen and oxygen atoms in total. The zero-order chi connectivity index (χ0) is 25.9. The summed E-state index contributed by atoms with van der Waals surface area (Å²) in [7, 11) is 1.67. The number of ether oxygens (including phenoxy) is 2. The normalized spacial score (nSPS) is 15.7. The third kappa shape index (κ3) is 7.32. The Balaban J connectivity index is 1.67. The van der Waals surface area contributed by atoms with Crippen molar-refractivity contribution in [3.05, 3.63) is 90.4 Å². The predicted octanol–water partition coefficient (Wildman–Crippen LogP) is 4.67. The molecule has 0 radical (unpaired) electrons. The molecular weight excluding hydrogens is 474 g/mol. The van der Waals surface area contributed by atoms with Crippen LogP contribution >= 0.6 is 0 Å². The quantitative estimate of drug-likeness (QED) is 0.285. The average molecular weight is 510 g/mol. The van der Waals surface area contributed by atoms with Gasteiger partial charge in [-0.05, 0) is 62.8 Å². The Morgan fingerprint density at radius 1 is 1.14 bits per heavy atom. The summed E-state index contributed by atoms with van der Waals surface area (Å²) in [6, 6.07) is 14.9. The number of hydrogen-bond donors (Lipinski definition) is 1. The summed E-state index contributed by atoms with van der Waals surface area (Å²) in [5, 5.41) is 0. The van der Waals surface area contributed by atoms with Crippen LogP contribution in [0, 0.1) is 0 Å². The van der Waals surface area contributed by atoms with Crippen molar-refractivity contribution in [2.75, 3.05) is 44.8 Å². The lowest BCUT2D eigenvalue weighted by Crippen LogP contribution is -2.35. The van der Waals surface area contributed by atoms with Gasteiger partial charge in [0.05, 0.1) is 30.9 Å². The lowest BCUT2D eigenvalue weighted by molar-refractivity contribution is 0.0766. The molecule has 2 aromatic rings. The Hall–Kier alpha value is -3.36. The Morgan fingerprint density at radius 2 is 1.94 bits per heavy atom. The maximum absolute atomic E-state index is 13.3. The van der Waals surface area contributed by atoms with Crippen LogP contribution in [-0.2, 0) is 16.1 Å². The van der Waals surface area contributed by atoms with Crippen LogP contribution in [0.4, 0.5) is 5.69 Å². The fourth-order valence-electron chi connectivity index (χ4n) is 3.97. The molecule has 0 spiro atoms. The molecule has 1 saturated heterocycles. The number of allylic oxidation sites excluding steroid dienone is 4. The summed E-state index contributed by atoms with van der Waals surface area (Å²) in [5.74, 6) is 1.51. The molecule has 0 saturated carbocycles. The van der Waals surface area contributed by atoms with Crippen LogP contribution in [0.2, 0.25) is 0 Å². The van der Waals surface area contributed by atoms with Crippen LogP contribution in [-0.4, -0.2) is 55.3 Å². The number of rotatable bonds is 10. The number of para-hydroxylation sites is 2. The monoisotopic (exact) mass is 509 g/mol. The minimum absolute atomic E-state index is 0.0644. The van der Waals surface area contributed by atoms with Crippen molar-refractivity contribution in [1.29, 1.82) is 0 Å². The van der Waals surface area contributed by atoms with Crippen molar-refractivity contribution in [3.8, 4) is 5.75 Å². The van der Waals surface area contributed by atoms with Gasteiger partial charge in [0.15, 0.2) is 4.90 Å². The predicted molar refractivity (Wildman–Crippen MR) is 145 cm³/mol. The molecule has 8 heteroatoms. The minimum atomic E-state index is -1.55. The highest BCUT2D eigenvalue weighted by Gasteiger charge is 2.23. The van der Waals surface area contributed by atoms with Crippen LogP contribution in [0.15, 0.2) is 89.7 Å². The van der Waals surface area contributed by atoms with Crippen molar-refractivity contribution in [3.63, 3.8) is 0 Å². The maximum Gasteiger partial charge on any atom is 0.254 e. The molecule has 1 atom stereocenters. The molecule has 192 valence electrons. The van der Waals surface area contributed by atoms with E-state index in [4.69, 9.17) is 9.47 Å². The first kappa shape index (κ1) is 27.2. The average Bonchev–Trinajstić information content (AvgIpc) is 3.17. The second kappa shape index (κ2) is 13.7. The van der Waals surface area contributed by atoms with E-state index in [0.717, 1.165) is 30.2 Å². The summed E-state index contributed by atoms with van der Waals surface area (Å²) >= 11 is -1.55. The molecular formula is C28H35N3O4S. The molecule has 1 unspecified atom stereocenters. The van der Waals surface area contributed by atoms with Gasteiger partial charge >= 0.3 is 0 Å². The van der Waals surface area contributed by atoms with Gasteiger partial charge in [-0.2, -0.15) is 0 Å². The summed E-state index contributed by atoms with van der Waals surface area (Å²) in [4.78, 5) is 18.0. The van der Waals surface area contributed by atoms with Crippen LogP contribution in [0.25, 0.3) is 0 Å². The molecule has 1 aliphatic heterocycles. The van der Waals surface area contributed by atoms with Gasteiger partial charge in [-0.1, -0.05) is 24.8 Å². The summed E-state index contributed by atoms with van der Waals surface area (Å²) < 4.78 is 26.8. The SMILES string of the molecule is C=C/C(=C\C=C(/C)OCC)N[S+]([O-])c1cccc(C(=O)N2CCCN(c3ccccc3OC)CC2)c1. The number of amides is 1. The van der Waals surface area contributed by atoms with Gasteiger partial charge in [-0.15, -0.1) is 0 Å². The summed E-state index contributed by atoms with van der Waals surface area (Å²) in [6.45, 7) is 10.9. The van der Waals surface area contributed by atoms with Crippen molar-refractivity contribution < 1.29 is 18.8 Å². The number of carbonyl (C=O) groups is 1. The zero-order valence-electron chi connectivity index (χ0n) is 21.2. The molecule has 0 bridgehead atoms. The molecule has 36 heavy (non-hydrogen) atoms. The standard InChI is InChI=1S/C28H35N3O4S/c1-5-24(16-15-22(3)35-6-2)29-36(33)25-12-9-11-23(21-25)28(32)31-18-10-17-30(19-20-31)26-13-7-8-14-27(26)34-4/h5,7-9,11-16,21,29H,1,6,10,17-20H2,2-4H3/b22-15+,24-16+. The number of hydrogen-bond acceptors (Lipinski definition) is 6. The fraction of sp³-hybridized carbons (Fsp3) is 0.321. The number of nitrogens with one attached hydrogen (secondary N) is 1. The van der Waals surface area contributed by atoms with Crippen LogP contribution in [0.1, 0.15) is 30.6 Å². The first-order valence-corrected chi connectivity index (χ1v) is 13.2. The van der Waals surface area contributed by atoms with Gasteiger partial charge in [0.1, 0.15) is 17.1 Å². The smallest absolute Gasteiger partial charge is 0.254 e. The van der Waals surface area contributed by atoms with E-state index in [2.05, 4.69) is 16.2 Å². The van der Waals surface area contributed by atoms with E-state index >= 15 is 0 Å². The first-order chi connectivity index (χ1) is 17.5. The molecule has 0 aliphatic carbocycles. The highest BCUT2D eigenvalue weighted by molar-refractivity contribution is 7.89. The zero-order valence-corrected chi connectivity index (χ0v) is 22.1. The molecule has 3 rings (SSSR count). The molecule has 1 fully saturated rings. The van der Waals surface area contributed by atoms with Crippen LogP contribution < -0.4 is 14.4 Å². The Kier molecular flexibility index (Phi) is 10.3. The van der Waals surface area contributed by atoms with E-state index in [9.17, 15) is 9.35 Å². The van der Waals surface area contributed by atoms with E-state index < -0.39 is 11.4 Å². The van der Waals surface area contributed by atoms with E-state index in [0.29, 0.717) is 42.4 Å². The summed E-state index contributed by atoms with van der Waals surface area (Å²) in [5.41, 5.74) is 2.15. The summed E-state index contributed by atoms with van der Waals surface area (Å²) in [6.07, 6.45) is 5.99. The molecule has 1 amide bonds. The minimum Gasteiger partial charge on any atom is -0.588 e. The van der Waals surface area contributed by atoms with Gasteiger partial charge < -0.3 is 23.8 Å². The second-order valence-corrected chi connectivity index (χ2v) is 9.45. The van der Waals surface area contributed by atoms with Gasteiger partial charge in [0.25, 0.3) is 5.91 Å². The van der Waals surface area contributed by atoms with Gasteiger partial charge in [0.2, 0.25) is 0 Å². The van der Waals surface area contributed by atoms with E-state index in [-0.39, 0.29) is 5.91 Å².